The number of anilines is 2. The lowest BCUT2D eigenvalue weighted by Crippen LogP contribution is -2.47. The van der Waals surface area contributed by atoms with Gasteiger partial charge in [-0.2, -0.15) is 13.2 Å². The Morgan fingerprint density at radius 3 is 2.16 bits per heavy atom. The van der Waals surface area contributed by atoms with E-state index in [0.29, 0.717) is 41.6 Å². The van der Waals surface area contributed by atoms with Crippen LogP contribution in [0.1, 0.15) is 88.6 Å². The van der Waals surface area contributed by atoms with Crippen LogP contribution >= 0.6 is 23.4 Å². The van der Waals surface area contributed by atoms with Crippen LogP contribution in [0.4, 0.5) is 24.5 Å². The molecule has 69 heavy (non-hydrogen) atoms. The number of alkyl halides is 3. The van der Waals surface area contributed by atoms with Crippen molar-refractivity contribution < 1.29 is 34.8 Å². The highest BCUT2D eigenvalue weighted by Gasteiger charge is 2.48. The summed E-state index contributed by atoms with van der Waals surface area (Å²) in [4.78, 5) is 19.3. The molecule has 0 spiro atoms. The quantitative estimate of drug-likeness (QED) is 0.0933. The lowest BCUT2D eigenvalue weighted by atomic mass is 9.73. The highest BCUT2D eigenvalue weighted by atomic mass is 35.5. The van der Waals surface area contributed by atoms with Crippen LogP contribution in [-0.2, 0) is 19.9 Å². The van der Waals surface area contributed by atoms with Crippen molar-refractivity contribution in [3.8, 4) is 0 Å². The number of allylic oxidation sites excluding steroid dienone is 1. The third-order valence-electron chi connectivity index (χ3n) is 13.6. The molecule has 2 N–H and O–H groups in total. The Morgan fingerprint density at radius 1 is 0.855 bits per heavy atom. The SMILES string of the molecule is CC(C)CC1CCN(CC[C@H](CSc2ccccc2)Nc2ccc(S(=O)(=O)NC(=O)c3ccc(N4CCN(CC5=C(c6ccc(Cl)cc6)CCC(C)(C)C5)CC4)cc3)cc2S(=O)(=O)C(F)(F)F)CC1. The molecule has 0 bridgehead atoms. The summed E-state index contributed by atoms with van der Waals surface area (Å²) in [6.45, 7) is 15.5. The van der Waals surface area contributed by atoms with Crippen LogP contribution in [0.15, 0.2) is 117 Å². The molecule has 2 heterocycles. The number of nitrogens with zero attached hydrogens (tertiary/aromatic N) is 3. The van der Waals surface area contributed by atoms with E-state index < -0.39 is 47.1 Å². The van der Waals surface area contributed by atoms with Gasteiger partial charge in [0.05, 0.1) is 10.6 Å². The van der Waals surface area contributed by atoms with Crippen LogP contribution in [0.3, 0.4) is 0 Å². The van der Waals surface area contributed by atoms with E-state index in [1.165, 1.54) is 40.6 Å². The Balaban J connectivity index is 1.01. The molecule has 0 unspecified atom stereocenters. The summed E-state index contributed by atoms with van der Waals surface area (Å²) in [6.07, 6.45) is 6.94. The fourth-order valence-electron chi connectivity index (χ4n) is 9.78. The number of piperidine rings is 1. The van der Waals surface area contributed by atoms with E-state index in [0.717, 1.165) is 107 Å². The predicted molar refractivity (Wildman–Crippen MR) is 273 cm³/mol. The molecule has 1 atom stereocenters. The number of rotatable bonds is 18. The fourth-order valence-corrected chi connectivity index (χ4v) is 12.9. The van der Waals surface area contributed by atoms with Crippen molar-refractivity contribution in [2.75, 3.05) is 68.3 Å². The van der Waals surface area contributed by atoms with Crippen molar-refractivity contribution in [2.24, 2.45) is 17.3 Å². The second-order valence-corrected chi connectivity index (χ2v) is 25.1. The van der Waals surface area contributed by atoms with Gasteiger partial charge in [-0.3, -0.25) is 9.69 Å². The van der Waals surface area contributed by atoms with E-state index in [1.54, 1.807) is 12.1 Å². The molecule has 2 aliphatic heterocycles. The van der Waals surface area contributed by atoms with E-state index in [4.69, 9.17) is 11.6 Å². The van der Waals surface area contributed by atoms with Crippen LogP contribution in [0.5, 0.6) is 0 Å². The van der Waals surface area contributed by atoms with Gasteiger partial charge in [-0.05, 0) is 153 Å². The minimum atomic E-state index is -6.05. The molecule has 4 aromatic carbocycles. The molecule has 1 amide bonds. The van der Waals surface area contributed by atoms with Gasteiger partial charge >= 0.3 is 5.51 Å². The molecule has 17 heteroatoms. The monoisotopic (exact) mass is 1030 g/mol. The minimum absolute atomic E-state index is 0.00636. The predicted octanol–water partition coefficient (Wildman–Crippen LogP) is 11.3. The van der Waals surface area contributed by atoms with Gasteiger partial charge in [-0.15, -0.1) is 11.8 Å². The highest BCUT2D eigenvalue weighted by molar-refractivity contribution is 7.99. The lowest BCUT2D eigenvalue weighted by Gasteiger charge is -2.39. The number of hydrogen-bond acceptors (Lipinski definition) is 10. The Morgan fingerprint density at radius 2 is 1.52 bits per heavy atom. The molecule has 3 aliphatic rings. The molecule has 0 radical (unpaired) electrons. The van der Waals surface area contributed by atoms with Gasteiger partial charge in [0.1, 0.15) is 4.90 Å². The normalized spacial score (nSPS) is 18.4. The first-order valence-corrected chi connectivity index (χ1v) is 28.2. The maximum atomic E-state index is 14.3. The summed E-state index contributed by atoms with van der Waals surface area (Å²) in [7, 11) is -10.9. The molecule has 2 saturated heterocycles. The standard InChI is InChI=1S/C52H65ClF3N5O5S3/c1-37(2)32-38-21-25-59(26-22-38)27-23-43(36-67-45-8-6-5-7-9-45)57-48-19-18-46(33-49(48)68(63,64)52(54,55)56)69(65,66)58-50(62)40-12-16-44(17-13-40)61-30-28-60(29-31-61)35-41-34-51(3,4)24-20-47(41)39-10-14-42(53)15-11-39/h5-19,33,37-38,43,57H,20-32,34-36H2,1-4H3,(H,58,62)/t43-/m1/s1. The van der Waals surface area contributed by atoms with Gasteiger partial charge in [-0.25, -0.2) is 21.6 Å². The van der Waals surface area contributed by atoms with E-state index in [2.05, 4.69) is 59.8 Å². The fraction of sp³-hybridized carbons (Fsp3) is 0.481. The van der Waals surface area contributed by atoms with Crippen molar-refractivity contribution in [1.82, 2.24) is 14.5 Å². The molecule has 7 rings (SSSR count). The Bertz CT molecular complexity index is 2630. The van der Waals surface area contributed by atoms with Gasteiger partial charge < -0.3 is 15.1 Å². The van der Waals surface area contributed by atoms with Crippen LogP contribution in [0.2, 0.25) is 5.02 Å². The van der Waals surface area contributed by atoms with E-state index >= 15 is 0 Å². The minimum Gasteiger partial charge on any atom is -0.380 e. The zero-order valence-corrected chi connectivity index (χ0v) is 43.1. The number of thioether (sulfide) groups is 1. The number of likely N-dealkylation sites (tertiary alicyclic amines) is 1. The van der Waals surface area contributed by atoms with Crippen molar-refractivity contribution in [3.05, 3.63) is 119 Å². The van der Waals surface area contributed by atoms with Gasteiger partial charge in [0, 0.05) is 72.2 Å². The third kappa shape index (κ3) is 14.1. The van der Waals surface area contributed by atoms with Crippen LogP contribution < -0.4 is 14.9 Å². The number of hydrogen-bond donors (Lipinski definition) is 2. The molecule has 10 nitrogen and oxygen atoms in total. The zero-order valence-electron chi connectivity index (χ0n) is 39.9. The molecule has 0 aromatic heterocycles. The number of sulfone groups is 1. The summed E-state index contributed by atoms with van der Waals surface area (Å²) in [5.41, 5.74) is -0.958. The van der Waals surface area contributed by atoms with E-state index in [-0.39, 0.29) is 16.7 Å². The first kappa shape index (κ1) is 52.8. The number of nitrogens with one attached hydrogen (secondary N) is 2. The van der Waals surface area contributed by atoms with Crippen molar-refractivity contribution in [3.63, 3.8) is 0 Å². The molecule has 1 aliphatic carbocycles. The lowest BCUT2D eigenvalue weighted by molar-refractivity contribution is -0.0435. The number of carbonyl (C=O) groups excluding carboxylic acids is 1. The van der Waals surface area contributed by atoms with Gasteiger partial charge in [0.2, 0.25) is 0 Å². The maximum absolute atomic E-state index is 14.3. The summed E-state index contributed by atoms with van der Waals surface area (Å²) >= 11 is 7.68. The Hall–Kier alpha value is -4.06. The Kier molecular flexibility index (Phi) is 17.3. The zero-order chi connectivity index (χ0) is 49.6. The van der Waals surface area contributed by atoms with Crippen molar-refractivity contribution in [2.45, 2.75) is 98.9 Å². The van der Waals surface area contributed by atoms with Crippen LogP contribution in [0.25, 0.3) is 5.57 Å². The van der Waals surface area contributed by atoms with Crippen LogP contribution in [-0.4, -0.2) is 102 Å². The smallest absolute Gasteiger partial charge is 0.380 e. The summed E-state index contributed by atoms with van der Waals surface area (Å²) < 4.78 is 98.5. The third-order valence-corrected chi connectivity index (χ3v) is 17.9. The second kappa shape index (κ2) is 22.6. The molecule has 2 fully saturated rings. The average molecular weight is 1030 g/mol. The van der Waals surface area contributed by atoms with Gasteiger partial charge in [-0.1, -0.05) is 75.2 Å². The van der Waals surface area contributed by atoms with E-state index in [1.807, 2.05) is 47.2 Å². The number of sulfonamides is 1. The molecular weight excluding hydrogens is 963 g/mol. The molecular formula is C52H65ClF3N5O5S3. The summed E-state index contributed by atoms with van der Waals surface area (Å²) in [6, 6.07) is 26.1. The summed E-state index contributed by atoms with van der Waals surface area (Å²) in [5.74, 6) is 0.644. The Labute approximate surface area is 416 Å². The number of amides is 1. The summed E-state index contributed by atoms with van der Waals surface area (Å²) in [5, 5.41) is 3.78. The molecule has 0 saturated carbocycles. The topological polar surface area (TPSA) is 119 Å². The van der Waals surface area contributed by atoms with Crippen LogP contribution in [0, 0.1) is 17.3 Å². The number of piperazine rings is 1. The second-order valence-electron chi connectivity index (χ2n) is 20.0. The molecule has 374 valence electrons. The largest absolute Gasteiger partial charge is 0.501 e. The highest BCUT2D eigenvalue weighted by Crippen LogP contribution is 2.43. The first-order valence-electron chi connectivity index (χ1n) is 23.9. The van der Waals surface area contributed by atoms with Crippen molar-refractivity contribution >= 4 is 66.1 Å². The van der Waals surface area contributed by atoms with Gasteiger partial charge in [0.15, 0.2) is 0 Å². The van der Waals surface area contributed by atoms with Gasteiger partial charge in [0.25, 0.3) is 25.8 Å². The first-order chi connectivity index (χ1) is 32.7. The number of carbonyl (C=O) groups is 1. The average Bonchev–Trinajstić information content (AvgIpc) is 3.30. The maximum Gasteiger partial charge on any atom is 0.501 e. The van der Waals surface area contributed by atoms with E-state index in [9.17, 15) is 34.8 Å². The molecule has 4 aromatic rings. The number of benzene rings is 4. The van der Waals surface area contributed by atoms with Crippen molar-refractivity contribution in [1.29, 1.82) is 0 Å². The number of halogens is 4.